The minimum atomic E-state index is 0.0295. The number of carbonyl (C=O) groups is 1. The Hall–Kier alpha value is -2.41. The number of amides is 1. The number of hydrogen-bond donors (Lipinski definition) is 2. The fourth-order valence-electron chi connectivity index (χ4n) is 3.12. The number of fused-ring (bicyclic) bond motifs is 1. The lowest BCUT2D eigenvalue weighted by atomic mass is 10.0. The van der Waals surface area contributed by atoms with E-state index in [0.29, 0.717) is 12.5 Å². The maximum Gasteiger partial charge on any atom is 0.248 e. The minimum absolute atomic E-state index is 0.0295. The Bertz CT molecular complexity index is 801. The van der Waals surface area contributed by atoms with Crippen molar-refractivity contribution in [1.29, 1.82) is 0 Å². The average molecular weight is 386 g/mol. The van der Waals surface area contributed by atoms with E-state index in [1.807, 2.05) is 36.2 Å². The van der Waals surface area contributed by atoms with Gasteiger partial charge in [0.1, 0.15) is 11.6 Å². The molecule has 1 aliphatic rings. The standard InChI is InChI=1S/C20H27N5OS/c1-3-16-12-22-18(27-16)13-23-20(21-4-2)24-14-19(26)25-11-7-9-15-8-5-6-10-17(15)25/h5-6,8,10,12H,3-4,7,9,11,13-14H2,1-2H3,(H2,21,23,24). The molecule has 2 N–H and O–H groups in total. The van der Waals surface area contributed by atoms with Crippen molar-refractivity contribution in [2.24, 2.45) is 4.99 Å². The number of nitrogens with one attached hydrogen (secondary N) is 2. The quantitative estimate of drug-likeness (QED) is 0.593. The predicted molar refractivity (Wildman–Crippen MR) is 111 cm³/mol. The van der Waals surface area contributed by atoms with Gasteiger partial charge in [-0.15, -0.1) is 11.3 Å². The van der Waals surface area contributed by atoms with Gasteiger partial charge < -0.3 is 15.5 Å². The first-order chi connectivity index (χ1) is 13.2. The van der Waals surface area contributed by atoms with Crippen LogP contribution in [0.2, 0.25) is 0 Å². The molecule has 2 aromatic rings. The molecule has 0 unspecified atom stereocenters. The first-order valence-electron chi connectivity index (χ1n) is 9.55. The Morgan fingerprint density at radius 2 is 2.15 bits per heavy atom. The second-order valence-electron chi connectivity index (χ2n) is 6.40. The molecule has 3 rings (SSSR count). The Morgan fingerprint density at radius 3 is 2.93 bits per heavy atom. The Kier molecular flexibility index (Phi) is 6.81. The zero-order valence-corrected chi connectivity index (χ0v) is 16.8. The van der Waals surface area contributed by atoms with Gasteiger partial charge in [-0.3, -0.25) is 4.79 Å². The number of carbonyl (C=O) groups excluding carboxylic acids is 1. The third-order valence-corrected chi connectivity index (χ3v) is 5.63. The lowest BCUT2D eigenvalue weighted by Gasteiger charge is -2.29. The van der Waals surface area contributed by atoms with Gasteiger partial charge in [-0.05, 0) is 37.8 Å². The van der Waals surface area contributed by atoms with Crippen molar-refractivity contribution in [3.05, 3.63) is 45.9 Å². The van der Waals surface area contributed by atoms with Crippen LogP contribution in [0.5, 0.6) is 0 Å². The predicted octanol–water partition coefficient (Wildman–Crippen LogP) is 2.74. The molecular weight excluding hydrogens is 358 g/mol. The van der Waals surface area contributed by atoms with E-state index in [2.05, 4.69) is 33.6 Å². The summed E-state index contributed by atoms with van der Waals surface area (Å²) < 4.78 is 0. The molecule has 0 atom stereocenters. The van der Waals surface area contributed by atoms with Crippen LogP contribution in [0.15, 0.2) is 35.5 Å². The topological polar surface area (TPSA) is 69.6 Å². The number of thiazole rings is 1. The van der Waals surface area contributed by atoms with Gasteiger partial charge in [-0.2, -0.15) is 0 Å². The van der Waals surface area contributed by atoms with Crippen molar-refractivity contribution in [3.8, 4) is 0 Å². The van der Waals surface area contributed by atoms with Gasteiger partial charge in [-0.1, -0.05) is 25.1 Å². The zero-order valence-electron chi connectivity index (χ0n) is 16.0. The number of para-hydroxylation sites is 1. The zero-order chi connectivity index (χ0) is 19.1. The summed E-state index contributed by atoms with van der Waals surface area (Å²) in [6.45, 7) is 6.37. The number of guanidine groups is 1. The third kappa shape index (κ3) is 5.07. The van der Waals surface area contributed by atoms with E-state index >= 15 is 0 Å². The molecule has 1 amide bonds. The van der Waals surface area contributed by atoms with Crippen LogP contribution in [0.1, 0.15) is 35.7 Å². The second kappa shape index (κ2) is 9.50. The first kappa shape index (κ1) is 19.4. The summed E-state index contributed by atoms with van der Waals surface area (Å²) in [5, 5.41) is 7.49. The summed E-state index contributed by atoms with van der Waals surface area (Å²) in [7, 11) is 0. The molecule has 1 aliphatic heterocycles. The average Bonchev–Trinajstić information content (AvgIpc) is 3.17. The second-order valence-corrected chi connectivity index (χ2v) is 7.60. The fourth-order valence-corrected chi connectivity index (χ4v) is 3.92. The fraction of sp³-hybridized carbons (Fsp3) is 0.450. The molecule has 0 bridgehead atoms. The normalized spacial score (nSPS) is 14.0. The molecule has 6 nitrogen and oxygen atoms in total. The van der Waals surface area contributed by atoms with E-state index in [4.69, 9.17) is 0 Å². The van der Waals surface area contributed by atoms with Crippen molar-refractivity contribution in [2.75, 3.05) is 24.5 Å². The van der Waals surface area contributed by atoms with Gasteiger partial charge in [0.2, 0.25) is 5.91 Å². The smallest absolute Gasteiger partial charge is 0.248 e. The molecule has 0 saturated heterocycles. The summed E-state index contributed by atoms with van der Waals surface area (Å²) >= 11 is 1.70. The minimum Gasteiger partial charge on any atom is -0.357 e. The van der Waals surface area contributed by atoms with Gasteiger partial charge in [-0.25, -0.2) is 9.98 Å². The number of benzene rings is 1. The van der Waals surface area contributed by atoms with Crippen molar-refractivity contribution in [1.82, 2.24) is 15.6 Å². The molecule has 0 aliphatic carbocycles. The highest BCUT2D eigenvalue weighted by atomic mass is 32.1. The number of aryl methyl sites for hydroxylation is 2. The van der Waals surface area contributed by atoms with Crippen molar-refractivity contribution in [2.45, 2.75) is 39.7 Å². The number of anilines is 1. The van der Waals surface area contributed by atoms with Crippen LogP contribution in [-0.2, 0) is 24.2 Å². The molecule has 0 fully saturated rings. The van der Waals surface area contributed by atoms with Crippen LogP contribution in [-0.4, -0.2) is 36.5 Å². The summed E-state index contributed by atoms with van der Waals surface area (Å²) in [6.07, 6.45) is 4.94. The van der Waals surface area contributed by atoms with Gasteiger partial charge >= 0.3 is 0 Å². The molecular formula is C20H27N5OS. The van der Waals surface area contributed by atoms with Crippen molar-refractivity contribution >= 4 is 28.9 Å². The highest BCUT2D eigenvalue weighted by molar-refractivity contribution is 7.11. The molecule has 1 aromatic heterocycles. The Morgan fingerprint density at radius 1 is 1.30 bits per heavy atom. The molecule has 1 aromatic carbocycles. The molecule has 2 heterocycles. The van der Waals surface area contributed by atoms with Gasteiger partial charge in [0, 0.05) is 29.9 Å². The number of hydrogen-bond acceptors (Lipinski definition) is 4. The summed E-state index contributed by atoms with van der Waals surface area (Å²) in [6, 6.07) is 8.13. The molecule has 0 saturated carbocycles. The van der Waals surface area contributed by atoms with Crippen LogP contribution >= 0.6 is 11.3 Å². The summed E-state index contributed by atoms with van der Waals surface area (Å²) in [5.74, 6) is 0.672. The van der Waals surface area contributed by atoms with E-state index in [-0.39, 0.29) is 12.5 Å². The highest BCUT2D eigenvalue weighted by Crippen LogP contribution is 2.26. The largest absolute Gasteiger partial charge is 0.357 e. The number of aromatic nitrogens is 1. The van der Waals surface area contributed by atoms with E-state index in [9.17, 15) is 4.79 Å². The van der Waals surface area contributed by atoms with Crippen molar-refractivity contribution < 1.29 is 4.79 Å². The Labute approximate surface area is 164 Å². The van der Waals surface area contributed by atoms with Crippen LogP contribution < -0.4 is 15.5 Å². The van der Waals surface area contributed by atoms with Gasteiger partial charge in [0.05, 0.1) is 6.54 Å². The highest BCUT2D eigenvalue weighted by Gasteiger charge is 2.21. The maximum atomic E-state index is 12.7. The number of rotatable bonds is 6. The van der Waals surface area contributed by atoms with Crippen LogP contribution in [0, 0.1) is 0 Å². The summed E-state index contributed by atoms with van der Waals surface area (Å²) in [5.41, 5.74) is 2.26. The molecule has 7 heteroatoms. The van der Waals surface area contributed by atoms with E-state index < -0.39 is 0 Å². The number of aliphatic imine (C=N–C) groups is 1. The van der Waals surface area contributed by atoms with Gasteiger partial charge in [0.15, 0.2) is 5.96 Å². The lowest BCUT2D eigenvalue weighted by Crippen LogP contribution is -2.40. The Balaban J connectivity index is 1.61. The van der Waals surface area contributed by atoms with Crippen LogP contribution in [0.4, 0.5) is 5.69 Å². The van der Waals surface area contributed by atoms with Gasteiger partial charge in [0.25, 0.3) is 0 Å². The first-order valence-corrected chi connectivity index (χ1v) is 10.4. The number of nitrogens with zero attached hydrogens (tertiary/aromatic N) is 3. The van der Waals surface area contributed by atoms with Crippen molar-refractivity contribution in [3.63, 3.8) is 0 Å². The molecule has 27 heavy (non-hydrogen) atoms. The third-order valence-electron chi connectivity index (χ3n) is 4.48. The molecule has 0 spiro atoms. The van der Waals surface area contributed by atoms with E-state index in [1.165, 1.54) is 10.4 Å². The SMILES string of the molecule is CCNC(=NCC(=O)N1CCCc2ccccc21)NCc1ncc(CC)s1. The monoisotopic (exact) mass is 385 g/mol. The molecule has 144 valence electrons. The summed E-state index contributed by atoms with van der Waals surface area (Å²) in [4.78, 5) is 24.8. The van der Waals surface area contributed by atoms with Crippen LogP contribution in [0.3, 0.4) is 0 Å². The maximum absolute atomic E-state index is 12.7. The van der Waals surface area contributed by atoms with E-state index in [0.717, 1.165) is 43.0 Å². The van der Waals surface area contributed by atoms with E-state index in [1.54, 1.807) is 11.3 Å². The van der Waals surface area contributed by atoms with Crippen LogP contribution in [0.25, 0.3) is 0 Å². The lowest BCUT2D eigenvalue weighted by molar-refractivity contribution is -0.117. The molecule has 0 radical (unpaired) electrons.